The molecule has 0 atom stereocenters. The summed E-state index contributed by atoms with van der Waals surface area (Å²) in [5.74, 6) is 0.633. The topological polar surface area (TPSA) is 66.2 Å². The molecule has 0 saturated heterocycles. The van der Waals surface area contributed by atoms with Crippen LogP contribution in [0, 0.1) is 13.8 Å². The SMILES string of the molecule is Cc1c(C)n2c3c(=O)n(C)c(=O)n(C)c3nc2n1Cc1cccc(Cl)c1. The molecule has 0 unspecified atom stereocenters. The molecule has 0 bridgehead atoms. The van der Waals surface area contributed by atoms with E-state index in [4.69, 9.17) is 11.6 Å². The van der Waals surface area contributed by atoms with Crippen LogP contribution in [0.2, 0.25) is 5.02 Å². The first kappa shape index (κ1) is 16.7. The summed E-state index contributed by atoms with van der Waals surface area (Å²) in [5, 5.41) is 0.671. The van der Waals surface area contributed by atoms with Crippen LogP contribution in [-0.2, 0) is 20.6 Å². The van der Waals surface area contributed by atoms with Gasteiger partial charge in [0, 0.05) is 30.5 Å². The summed E-state index contributed by atoms with van der Waals surface area (Å²) >= 11 is 6.10. The lowest BCUT2D eigenvalue weighted by molar-refractivity contribution is 0.707. The number of aromatic nitrogens is 5. The molecule has 0 amide bonds. The number of aryl methyl sites for hydroxylation is 2. The van der Waals surface area contributed by atoms with Crippen molar-refractivity contribution in [2.24, 2.45) is 14.1 Å². The van der Waals surface area contributed by atoms with E-state index in [1.54, 1.807) is 7.05 Å². The zero-order valence-corrected chi connectivity index (χ0v) is 15.7. The minimum Gasteiger partial charge on any atom is -0.309 e. The standard InChI is InChI=1S/C18H18ClN5O2/c1-10-11(2)24-14-15(21(3)18(26)22(4)16(14)25)20-17(24)23(10)9-12-6-5-7-13(19)8-12/h5-8H,9H2,1-4H3. The summed E-state index contributed by atoms with van der Waals surface area (Å²) in [4.78, 5) is 29.6. The number of benzene rings is 1. The Hall–Kier alpha value is -2.80. The average Bonchev–Trinajstić information content (AvgIpc) is 3.10. The first-order chi connectivity index (χ1) is 12.3. The van der Waals surface area contributed by atoms with Crippen LogP contribution in [-0.4, -0.2) is 23.1 Å². The first-order valence-electron chi connectivity index (χ1n) is 8.19. The monoisotopic (exact) mass is 371 g/mol. The molecule has 0 saturated carbocycles. The van der Waals surface area contributed by atoms with E-state index in [-0.39, 0.29) is 11.2 Å². The lowest BCUT2D eigenvalue weighted by Gasteiger charge is -2.07. The van der Waals surface area contributed by atoms with Gasteiger partial charge < -0.3 is 4.57 Å². The molecule has 0 aliphatic heterocycles. The van der Waals surface area contributed by atoms with E-state index in [1.165, 1.54) is 11.6 Å². The normalized spacial score (nSPS) is 11.7. The molecule has 0 N–H and O–H groups in total. The Labute approximate surface area is 153 Å². The van der Waals surface area contributed by atoms with Crippen molar-refractivity contribution >= 4 is 28.5 Å². The summed E-state index contributed by atoms with van der Waals surface area (Å²) in [6.07, 6.45) is 0. The van der Waals surface area contributed by atoms with Crippen LogP contribution in [0.15, 0.2) is 33.9 Å². The third-order valence-corrected chi connectivity index (χ3v) is 5.21. The van der Waals surface area contributed by atoms with E-state index in [2.05, 4.69) is 4.98 Å². The Morgan fingerprint density at radius 3 is 2.50 bits per heavy atom. The van der Waals surface area contributed by atoms with Crippen LogP contribution >= 0.6 is 11.6 Å². The van der Waals surface area contributed by atoms with Gasteiger partial charge in [-0.25, -0.2) is 4.79 Å². The van der Waals surface area contributed by atoms with E-state index in [9.17, 15) is 9.59 Å². The largest absolute Gasteiger partial charge is 0.332 e. The summed E-state index contributed by atoms with van der Waals surface area (Å²) in [6, 6.07) is 7.64. The first-order valence-corrected chi connectivity index (χ1v) is 8.57. The van der Waals surface area contributed by atoms with E-state index >= 15 is 0 Å². The van der Waals surface area contributed by atoms with Gasteiger partial charge in [0.2, 0.25) is 5.78 Å². The van der Waals surface area contributed by atoms with Crippen LogP contribution in [0.25, 0.3) is 16.9 Å². The summed E-state index contributed by atoms with van der Waals surface area (Å²) in [7, 11) is 3.11. The van der Waals surface area contributed by atoms with E-state index in [0.29, 0.717) is 28.5 Å². The lowest BCUT2D eigenvalue weighted by atomic mass is 10.2. The molecule has 0 radical (unpaired) electrons. The van der Waals surface area contributed by atoms with Crippen LogP contribution in [0.5, 0.6) is 0 Å². The predicted molar refractivity (Wildman–Crippen MR) is 101 cm³/mol. The highest BCUT2D eigenvalue weighted by Crippen LogP contribution is 2.22. The maximum Gasteiger partial charge on any atom is 0.332 e. The number of hydrogen-bond acceptors (Lipinski definition) is 3. The Morgan fingerprint density at radius 2 is 1.81 bits per heavy atom. The Kier molecular flexibility index (Phi) is 3.59. The molecule has 7 nitrogen and oxygen atoms in total. The van der Waals surface area contributed by atoms with Gasteiger partial charge in [0.25, 0.3) is 5.56 Å². The summed E-state index contributed by atoms with van der Waals surface area (Å²) in [5.41, 5.74) is 3.02. The van der Waals surface area contributed by atoms with Gasteiger partial charge in [-0.2, -0.15) is 4.98 Å². The Balaban J connectivity index is 2.08. The third kappa shape index (κ3) is 2.17. The van der Waals surface area contributed by atoms with Crippen molar-refractivity contribution < 1.29 is 0 Å². The van der Waals surface area contributed by atoms with Gasteiger partial charge in [0.1, 0.15) is 0 Å². The molecular weight excluding hydrogens is 354 g/mol. The highest BCUT2D eigenvalue weighted by Gasteiger charge is 2.21. The van der Waals surface area contributed by atoms with Crippen LogP contribution in [0.4, 0.5) is 0 Å². The van der Waals surface area contributed by atoms with E-state index in [1.807, 2.05) is 47.1 Å². The number of nitrogens with zero attached hydrogens (tertiary/aromatic N) is 5. The van der Waals surface area contributed by atoms with Gasteiger partial charge in [-0.3, -0.25) is 18.3 Å². The number of imidazole rings is 2. The van der Waals surface area contributed by atoms with Crippen molar-refractivity contribution in [3.8, 4) is 0 Å². The molecule has 0 fully saturated rings. The maximum absolute atomic E-state index is 12.7. The third-order valence-electron chi connectivity index (χ3n) is 4.98. The number of rotatable bonds is 2. The number of fused-ring (bicyclic) bond motifs is 3. The lowest BCUT2D eigenvalue weighted by Crippen LogP contribution is -2.37. The van der Waals surface area contributed by atoms with E-state index < -0.39 is 0 Å². The smallest absolute Gasteiger partial charge is 0.309 e. The molecule has 3 aromatic heterocycles. The van der Waals surface area contributed by atoms with Gasteiger partial charge >= 0.3 is 5.69 Å². The molecule has 4 aromatic rings. The highest BCUT2D eigenvalue weighted by molar-refractivity contribution is 6.30. The van der Waals surface area contributed by atoms with Gasteiger partial charge in [-0.1, -0.05) is 23.7 Å². The molecule has 0 aliphatic carbocycles. The van der Waals surface area contributed by atoms with Crippen molar-refractivity contribution in [2.75, 3.05) is 0 Å². The number of halogens is 1. The molecule has 134 valence electrons. The van der Waals surface area contributed by atoms with Gasteiger partial charge in [-0.05, 0) is 31.5 Å². The minimum atomic E-state index is -0.390. The molecule has 26 heavy (non-hydrogen) atoms. The van der Waals surface area contributed by atoms with Crippen molar-refractivity contribution in [1.29, 1.82) is 0 Å². The van der Waals surface area contributed by atoms with Crippen molar-refractivity contribution in [2.45, 2.75) is 20.4 Å². The highest BCUT2D eigenvalue weighted by atomic mass is 35.5. The fourth-order valence-electron chi connectivity index (χ4n) is 3.40. The average molecular weight is 372 g/mol. The van der Waals surface area contributed by atoms with Crippen LogP contribution in [0.1, 0.15) is 17.0 Å². The second kappa shape index (κ2) is 5.60. The Bertz CT molecular complexity index is 1310. The van der Waals surface area contributed by atoms with Crippen molar-refractivity contribution in [1.82, 2.24) is 23.1 Å². The molecule has 3 heterocycles. The summed E-state index contributed by atoms with van der Waals surface area (Å²) < 4.78 is 6.38. The summed E-state index contributed by atoms with van der Waals surface area (Å²) in [6.45, 7) is 4.51. The molecule has 1 aromatic carbocycles. The Morgan fingerprint density at radius 1 is 1.08 bits per heavy atom. The molecular formula is C18H18ClN5O2. The fraction of sp³-hybridized carbons (Fsp3) is 0.278. The zero-order chi connectivity index (χ0) is 18.7. The zero-order valence-electron chi connectivity index (χ0n) is 14.9. The quantitative estimate of drug-likeness (QED) is 0.541. The molecule has 0 spiro atoms. The van der Waals surface area contributed by atoms with Crippen LogP contribution < -0.4 is 11.2 Å². The fourth-order valence-corrected chi connectivity index (χ4v) is 3.61. The van der Waals surface area contributed by atoms with Gasteiger partial charge in [0.15, 0.2) is 11.2 Å². The number of hydrogen-bond donors (Lipinski definition) is 0. The second-order valence-electron chi connectivity index (χ2n) is 6.51. The molecule has 0 aliphatic rings. The minimum absolute atomic E-state index is 0.349. The van der Waals surface area contributed by atoms with E-state index in [0.717, 1.165) is 21.5 Å². The predicted octanol–water partition coefficient (Wildman–Crippen LogP) is 2.00. The van der Waals surface area contributed by atoms with Crippen molar-refractivity contribution in [3.63, 3.8) is 0 Å². The van der Waals surface area contributed by atoms with Gasteiger partial charge in [0.05, 0.1) is 6.54 Å². The molecule has 8 heteroatoms. The maximum atomic E-state index is 12.7. The second-order valence-corrected chi connectivity index (χ2v) is 6.95. The molecule has 4 rings (SSSR count). The van der Waals surface area contributed by atoms with Crippen LogP contribution in [0.3, 0.4) is 0 Å². The van der Waals surface area contributed by atoms with Crippen molar-refractivity contribution in [3.05, 3.63) is 67.1 Å². The van der Waals surface area contributed by atoms with Gasteiger partial charge in [-0.15, -0.1) is 0 Å².